The zero-order valence-corrected chi connectivity index (χ0v) is 31.6. The Kier molecular flexibility index (Phi) is 8.01. The molecule has 0 amide bonds. The topological polar surface area (TPSA) is 38.7 Å². The number of fused-ring (bicyclic) bond motifs is 5. The van der Waals surface area contributed by atoms with E-state index in [1.54, 1.807) is 0 Å². The summed E-state index contributed by atoms with van der Waals surface area (Å²) in [6, 6.07) is 70.9. The molecule has 266 valence electrons. The first-order chi connectivity index (χ1) is 28.3. The summed E-state index contributed by atoms with van der Waals surface area (Å²) in [5.41, 5.74) is 9.84. The normalized spacial score (nSPS) is 11.5. The van der Waals surface area contributed by atoms with Gasteiger partial charge in [-0.05, 0) is 67.6 Å². The third-order valence-corrected chi connectivity index (χ3v) is 12.2. The Morgan fingerprint density at radius 1 is 0.246 bits per heavy atom. The highest BCUT2D eigenvalue weighted by Crippen LogP contribution is 2.44. The Labute approximate surface area is 334 Å². The van der Waals surface area contributed by atoms with Gasteiger partial charge in [0.25, 0.3) is 0 Å². The minimum absolute atomic E-state index is 0.633. The molecular formula is C53H33N3S. The van der Waals surface area contributed by atoms with Gasteiger partial charge in [-0.3, -0.25) is 0 Å². The van der Waals surface area contributed by atoms with Crippen molar-refractivity contribution in [3.63, 3.8) is 0 Å². The Balaban J connectivity index is 1.16. The molecule has 11 rings (SSSR count). The van der Waals surface area contributed by atoms with Gasteiger partial charge < -0.3 is 0 Å². The molecule has 0 N–H and O–H groups in total. The molecule has 0 saturated carbocycles. The van der Waals surface area contributed by atoms with E-state index in [-0.39, 0.29) is 0 Å². The zero-order valence-electron chi connectivity index (χ0n) is 30.8. The molecule has 0 saturated heterocycles. The molecule has 57 heavy (non-hydrogen) atoms. The number of nitrogens with zero attached hydrogens (tertiary/aromatic N) is 3. The highest BCUT2D eigenvalue weighted by molar-refractivity contribution is 7.26. The first kappa shape index (κ1) is 33.1. The molecule has 0 radical (unpaired) electrons. The van der Waals surface area contributed by atoms with Gasteiger partial charge in [-0.25, -0.2) is 15.0 Å². The van der Waals surface area contributed by atoms with Gasteiger partial charge in [0.15, 0.2) is 17.5 Å². The van der Waals surface area contributed by atoms with Gasteiger partial charge in [0.2, 0.25) is 0 Å². The first-order valence-electron chi connectivity index (χ1n) is 19.2. The lowest BCUT2D eigenvalue weighted by Gasteiger charge is -2.16. The van der Waals surface area contributed by atoms with Crippen LogP contribution in [0.15, 0.2) is 200 Å². The van der Waals surface area contributed by atoms with Gasteiger partial charge in [-0.2, -0.15) is 0 Å². The third kappa shape index (κ3) is 5.69. The van der Waals surface area contributed by atoms with Crippen LogP contribution in [0, 0.1) is 0 Å². The fraction of sp³-hybridized carbons (Fsp3) is 0. The lowest BCUT2D eigenvalue weighted by atomic mass is 9.93. The van der Waals surface area contributed by atoms with Crippen LogP contribution in [-0.2, 0) is 0 Å². The van der Waals surface area contributed by atoms with Crippen molar-refractivity contribution in [1.82, 2.24) is 15.0 Å². The SMILES string of the molecule is c1ccc(-c2ccccc2-c2nc(-c3ccc(-c4ccccc4)c4ccccc34)nc(-c3ccc(-c4cccc5c4sc4ccccc45)c4ccccc34)n2)cc1. The zero-order chi connectivity index (χ0) is 37.7. The van der Waals surface area contributed by atoms with Crippen molar-refractivity contribution in [3.05, 3.63) is 200 Å². The largest absolute Gasteiger partial charge is 0.208 e. The van der Waals surface area contributed by atoms with Gasteiger partial charge in [0, 0.05) is 42.4 Å². The van der Waals surface area contributed by atoms with Gasteiger partial charge in [0.1, 0.15) is 0 Å². The molecule has 2 heterocycles. The highest BCUT2D eigenvalue weighted by Gasteiger charge is 2.20. The standard InChI is InChI=1S/C53H33N3S/c1-3-16-34(17-4-1)36-20-7-12-26-46(36)51-54-52(47-32-30-37(35-18-5-2-6-19-35)38-21-8-10-23-40(38)47)56-53(55-51)48-33-31-42(39-22-9-11-24-41(39)48)44-27-15-28-45-43-25-13-14-29-49(43)57-50(44)45/h1-33H. The maximum atomic E-state index is 5.37. The van der Waals surface area contributed by atoms with E-state index in [1.807, 2.05) is 17.4 Å². The second kappa shape index (κ2) is 13.8. The molecule has 11 aromatic rings. The molecule has 2 aromatic heterocycles. The number of aromatic nitrogens is 3. The summed E-state index contributed by atoms with van der Waals surface area (Å²) < 4.78 is 2.59. The van der Waals surface area contributed by atoms with Gasteiger partial charge in [-0.15, -0.1) is 11.3 Å². The van der Waals surface area contributed by atoms with E-state index in [0.29, 0.717) is 17.5 Å². The molecular weight excluding hydrogens is 711 g/mol. The van der Waals surface area contributed by atoms with Crippen LogP contribution in [0.1, 0.15) is 0 Å². The Morgan fingerprint density at radius 2 is 0.649 bits per heavy atom. The lowest BCUT2D eigenvalue weighted by molar-refractivity contribution is 1.08. The van der Waals surface area contributed by atoms with Crippen LogP contribution in [-0.4, -0.2) is 15.0 Å². The van der Waals surface area contributed by atoms with E-state index in [2.05, 4.69) is 194 Å². The van der Waals surface area contributed by atoms with Crippen LogP contribution in [0.2, 0.25) is 0 Å². The quantitative estimate of drug-likeness (QED) is 0.170. The van der Waals surface area contributed by atoms with Crippen LogP contribution in [0.4, 0.5) is 0 Å². The highest BCUT2D eigenvalue weighted by atomic mass is 32.1. The van der Waals surface area contributed by atoms with Crippen LogP contribution >= 0.6 is 11.3 Å². The van der Waals surface area contributed by atoms with Crippen LogP contribution in [0.5, 0.6) is 0 Å². The summed E-state index contributed by atoms with van der Waals surface area (Å²) in [5.74, 6) is 1.91. The Bertz CT molecular complexity index is 3300. The fourth-order valence-corrected chi connectivity index (χ4v) is 9.57. The first-order valence-corrected chi connectivity index (χ1v) is 20.0. The van der Waals surface area contributed by atoms with E-state index < -0.39 is 0 Å². The molecule has 0 atom stereocenters. The Hall–Kier alpha value is -7.27. The molecule has 0 unspecified atom stereocenters. The van der Waals surface area contributed by atoms with E-state index in [0.717, 1.165) is 49.4 Å². The smallest absolute Gasteiger partial charge is 0.164 e. The summed E-state index contributed by atoms with van der Waals surface area (Å²) in [6.45, 7) is 0. The minimum atomic E-state index is 0.633. The molecule has 0 fully saturated rings. The molecule has 0 bridgehead atoms. The van der Waals surface area contributed by atoms with Crippen molar-refractivity contribution in [2.24, 2.45) is 0 Å². The fourth-order valence-electron chi connectivity index (χ4n) is 8.34. The third-order valence-electron chi connectivity index (χ3n) is 11.0. The molecule has 0 spiro atoms. The van der Waals surface area contributed by atoms with Gasteiger partial charge >= 0.3 is 0 Å². The predicted octanol–water partition coefficient (Wildman–Crippen LogP) is 14.5. The second-order valence-corrected chi connectivity index (χ2v) is 15.3. The van der Waals surface area contributed by atoms with Crippen molar-refractivity contribution >= 4 is 53.1 Å². The van der Waals surface area contributed by atoms with Crippen molar-refractivity contribution in [2.75, 3.05) is 0 Å². The second-order valence-electron chi connectivity index (χ2n) is 14.3. The summed E-state index contributed by atoms with van der Waals surface area (Å²) >= 11 is 1.86. The maximum Gasteiger partial charge on any atom is 0.164 e. The minimum Gasteiger partial charge on any atom is -0.208 e. The molecule has 3 nitrogen and oxygen atoms in total. The van der Waals surface area contributed by atoms with Gasteiger partial charge in [0.05, 0.1) is 0 Å². The van der Waals surface area contributed by atoms with Crippen LogP contribution in [0.25, 0.3) is 109 Å². The van der Waals surface area contributed by atoms with E-state index >= 15 is 0 Å². The number of hydrogen-bond donors (Lipinski definition) is 0. The summed E-state index contributed by atoms with van der Waals surface area (Å²) in [7, 11) is 0. The van der Waals surface area contributed by atoms with E-state index in [1.165, 1.54) is 42.4 Å². The summed E-state index contributed by atoms with van der Waals surface area (Å²) in [5, 5.41) is 7.08. The summed E-state index contributed by atoms with van der Waals surface area (Å²) in [6.07, 6.45) is 0. The maximum absolute atomic E-state index is 5.37. The van der Waals surface area contributed by atoms with Crippen molar-refractivity contribution in [1.29, 1.82) is 0 Å². The lowest BCUT2D eigenvalue weighted by Crippen LogP contribution is -2.02. The number of rotatable bonds is 6. The van der Waals surface area contributed by atoms with Crippen LogP contribution < -0.4 is 0 Å². The van der Waals surface area contributed by atoms with E-state index in [9.17, 15) is 0 Å². The summed E-state index contributed by atoms with van der Waals surface area (Å²) in [4.78, 5) is 16.0. The molecule has 9 aromatic carbocycles. The molecule has 4 heteroatoms. The molecule has 0 aliphatic heterocycles. The van der Waals surface area contributed by atoms with E-state index in [4.69, 9.17) is 15.0 Å². The Morgan fingerprint density at radius 3 is 1.28 bits per heavy atom. The number of benzene rings is 9. The monoisotopic (exact) mass is 743 g/mol. The van der Waals surface area contributed by atoms with Crippen molar-refractivity contribution in [2.45, 2.75) is 0 Å². The van der Waals surface area contributed by atoms with Gasteiger partial charge in [-0.1, -0.05) is 182 Å². The van der Waals surface area contributed by atoms with Crippen LogP contribution in [0.3, 0.4) is 0 Å². The number of thiophene rings is 1. The van der Waals surface area contributed by atoms with Crippen molar-refractivity contribution < 1.29 is 0 Å². The van der Waals surface area contributed by atoms with Crippen molar-refractivity contribution in [3.8, 4) is 67.5 Å². The average molecular weight is 744 g/mol. The average Bonchev–Trinajstić information content (AvgIpc) is 3.68. The molecule has 0 aliphatic rings. The molecule has 0 aliphatic carbocycles. The number of hydrogen-bond acceptors (Lipinski definition) is 4. The predicted molar refractivity (Wildman–Crippen MR) is 240 cm³/mol.